The van der Waals surface area contributed by atoms with Gasteiger partial charge in [-0.15, -0.1) is 0 Å². The topological polar surface area (TPSA) is 86.8 Å². The summed E-state index contributed by atoms with van der Waals surface area (Å²) in [5.74, 6) is -0.939. The third-order valence-corrected chi connectivity index (χ3v) is 7.57. The highest BCUT2D eigenvalue weighted by atomic mass is 35.5. The first kappa shape index (κ1) is 28.5. The van der Waals surface area contributed by atoms with E-state index in [0.717, 1.165) is 21.7 Å². The zero-order valence-corrected chi connectivity index (χ0v) is 23.1. The van der Waals surface area contributed by atoms with Gasteiger partial charge in [-0.3, -0.25) is 13.9 Å². The van der Waals surface area contributed by atoms with Gasteiger partial charge in [0.1, 0.15) is 12.6 Å². The van der Waals surface area contributed by atoms with Crippen LogP contribution in [-0.4, -0.2) is 51.0 Å². The van der Waals surface area contributed by atoms with Crippen LogP contribution in [0.4, 0.5) is 5.69 Å². The minimum Gasteiger partial charge on any atom is -0.357 e. The smallest absolute Gasteiger partial charge is 0.244 e. The lowest BCUT2D eigenvalue weighted by Crippen LogP contribution is -2.52. The molecule has 3 aromatic rings. The van der Waals surface area contributed by atoms with Crippen LogP contribution in [0.25, 0.3) is 0 Å². The van der Waals surface area contributed by atoms with E-state index in [1.54, 1.807) is 36.4 Å². The molecule has 0 aromatic heterocycles. The molecule has 3 rings (SSSR count). The zero-order chi connectivity index (χ0) is 27.2. The van der Waals surface area contributed by atoms with Gasteiger partial charge in [0.2, 0.25) is 21.8 Å². The molecule has 3 aromatic carbocycles. The van der Waals surface area contributed by atoms with E-state index >= 15 is 0 Å². The normalized spacial score (nSPS) is 12.0. The number of anilines is 1. The fourth-order valence-electron chi connectivity index (χ4n) is 3.95. The first-order valence-corrected chi connectivity index (χ1v) is 14.1. The second-order valence-electron chi connectivity index (χ2n) is 8.69. The Bertz CT molecular complexity index is 1370. The van der Waals surface area contributed by atoms with E-state index in [2.05, 4.69) is 5.32 Å². The number of nitrogens with zero attached hydrogens (tertiary/aromatic N) is 2. The quantitative estimate of drug-likeness (QED) is 0.396. The monoisotopic (exact) mass is 561 g/mol. The fourth-order valence-corrected chi connectivity index (χ4v) is 5.26. The van der Waals surface area contributed by atoms with Gasteiger partial charge < -0.3 is 10.2 Å². The van der Waals surface area contributed by atoms with E-state index in [0.29, 0.717) is 21.3 Å². The van der Waals surface area contributed by atoms with Gasteiger partial charge >= 0.3 is 0 Å². The Morgan fingerprint density at radius 3 is 2.27 bits per heavy atom. The van der Waals surface area contributed by atoms with E-state index in [4.69, 9.17) is 23.2 Å². The lowest BCUT2D eigenvalue weighted by atomic mass is 10.0. The molecule has 0 spiro atoms. The van der Waals surface area contributed by atoms with Gasteiger partial charge in [0.15, 0.2) is 0 Å². The summed E-state index contributed by atoms with van der Waals surface area (Å²) in [5, 5.41) is 3.40. The average Bonchev–Trinajstić information content (AvgIpc) is 2.85. The van der Waals surface area contributed by atoms with Crippen molar-refractivity contribution in [3.8, 4) is 0 Å². The molecule has 37 heavy (non-hydrogen) atoms. The van der Waals surface area contributed by atoms with Gasteiger partial charge in [-0.2, -0.15) is 0 Å². The van der Waals surface area contributed by atoms with E-state index in [1.807, 2.05) is 43.3 Å². The van der Waals surface area contributed by atoms with Gasteiger partial charge in [0, 0.05) is 30.1 Å². The molecule has 1 N–H and O–H groups in total. The van der Waals surface area contributed by atoms with Crippen molar-refractivity contribution < 1.29 is 18.0 Å². The fraction of sp³-hybridized carbons (Fsp3) is 0.259. The summed E-state index contributed by atoms with van der Waals surface area (Å²) in [4.78, 5) is 28.3. The molecular weight excluding hydrogens is 533 g/mol. The van der Waals surface area contributed by atoms with Crippen molar-refractivity contribution in [1.82, 2.24) is 10.2 Å². The average molecular weight is 563 g/mol. The second-order valence-corrected chi connectivity index (χ2v) is 11.4. The summed E-state index contributed by atoms with van der Waals surface area (Å²) in [6.07, 6.45) is 1.27. The third kappa shape index (κ3) is 7.71. The SMILES string of the molecule is CNC(=O)C(Cc1ccccc1)N(Cc1ccc(Cl)cc1Cl)C(=O)CN(c1cccc(C)c1)S(C)(=O)=O. The number of nitrogens with one attached hydrogen (secondary N) is 1. The van der Waals surface area contributed by atoms with Crippen LogP contribution in [0.3, 0.4) is 0 Å². The Hall–Kier alpha value is -3.07. The van der Waals surface area contributed by atoms with Crippen LogP contribution in [0.5, 0.6) is 0 Å². The molecule has 10 heteroatoms. The lowest BCUT2D eigenvalue weighted by Gasteiger charge is -2.33. The van der Waals surface area contributed by atoms with Crippen LogP contribution in [-0.2, 0) is 32.6 Å². The Morgan fingerprint density at radius 1 is 0.973 bits per heavy atom. The third-order valence-electron chi connectivity index (χ3n) is 5.84. The highest BCUT2D eigenvalue weighted by Crippen LogP contribution is 2.25. The van der Waals surface area contributed by atoms with Crippen molar-refractivity contribution in [3.05, 3.63) is 99.5 Å². The van der Waals surface area contributed by atoms with Gasteiger partial charge in [-0.25, -0.2) is 8.42 Å². The Labute approximate surface area is 228 Å². The minimum absolute atomic E-state index is 0.0226. The molecule has 0 saturated heterocycles. The Kier molecular flexibility index (Phi) is 9.59. The molecule has 0 fully saturated rings. The molecule has 0 saturated carbocycles. The van der Waals surface area contributed by atoms with E-state index < -0.39 is 28.5 Å². The van der Waals surface area contributed by atoms with Gasteiger partial charge in [0.05, 0.1) is 11.9 Å². The number of carbonyl (C=O) groups is 2. The summed E-state index contributed by atoms with van der Waals surface area (Å²) in [6.45, 7) is 1.32. The van der Waals surface area contributed by atoms with Crippen molar-refractivity contribution in [3.63, 3.8) is 0 Å². The highest BCUT2D eigenvalue weighted by molar-refractivity contribution is 7.92. The number of amides is 2. The molecule has 0 radical (unpaired) electrons. The largest absolute Gasteiger partial charge is 0.357 e. The summed E-state index contributed by atoms with van der Waals surface area (Å²) in [7, 11) is -2.32. The molecule has 196 valence electrons. The van der Waals surface area contributed by atoms with Crippen LogP contribution in [0.2, 0.25) is 10.0 Å². The summed E-state index contributed by atoms with van der Waals surface area (Å²) in [5.41, 5.74) is 2.62. The maximum absolute atomic E-state index is 13.9. The standard InChI is InChI=1S/C27H29Cl2N3O4S/c1-19-8-7-11-23(14-19)32(37(3,35)36)18-26(33)31(17-21-12-13-22(28)16-24(21)29)25(27(34)30-2)15-20-9-5-4-6-10-20/h4-14,16,25H,15,17-18H2,1-3H3,(H,30,34). The predicted molar refractivity (Wildman–Crippen MR) is 148 cm³/mol. The number of halogens is 2. The van der Waals surface area contributed by atoms with Crippen molar-refractivity contribution in [2.75, 3.05) is 24.2 Å². The zero-order valence-electron chi connectivity index (χ0n) is 20.8. The van der Waals surface area contributed by atoms with Crippen molar-refractivity contribution in [2.45, 2.75) is 25.9 Å². The number of hydrogen-bond acceptors (Lipinski definition) is 4. The maximum Gasteiger partial charge on any atom is 0.244 e. The number of hydrogen-bond donors (Lipinski definition) is 1. The molecule has 0 aliphatic rings. The van der Waals surface area contributed by atoms with Crippen molar-refractivity contribution in [2.24, 2.45) is 0 Å². The number of carbonyl (C=O) groups excluding carboxylic acids is 2. The molecular formula is C27H29Cl2N3O4S. The van der Waals surface area contributed by atoms with Gasteiger partial charge in [-0.1, -0.05) is 71.7 Å². The molecule has 0 aliphatic carbocycles. The lowest BCUT2D eigenvalue weighted by molar-refractivity contribution is -0.139. The minimum atomic E-state index is -3.82. The first-order chi connectivity index (χ1) is 17.5. The van der Waals surface area contributed by atoms with Crippen LogP contribution in [0, 0.1) is 6.92 Å². The van der Waals surface area contributed by atoms with Crippen molar-refractivity contribution in [1.29, 1.82) is 0 Å². The van der Waals surface area contributed by atoms with Gasteiger partial charge in [0.25, 0.3) is 0 Å². The summed E-state index contributed by atoms with van der Waals surface area (Å²) >= 11 is 12.5. The van der Waals surface area contributed by atoms with Crippen LogP contribution in [0.15, 0.2) is 72.8 Å². The Morgan fingerprint density at radius 2 is 1.68 bits per heavy atom. The van der Waals surface area contributed by atoms with Crippen LogP contribution < -0.4 is 9.62 Å². The van der Waals surface area contributed by atoms with Gasteiger partial charge in [-0.05, 0) is 47.9 Å². The number of rotatable bonds is 10. The molecule has 7 nitrogen and oxygen atoms in total. The summed E-state index contributed by atoms with van der Waals surface area (Å²) < 4.78 is 26.5. The second kappa shape index (κ2) is 12.4. The molecule has 1 unspecified atom stereocenters. The van der Waals surface area contributed by atoms with E-state index in [9.17, 15) is 18.0 Å². The van der Waals surface area contributed by atoms with Crippen LogP contribution >= 0.6 is 23.2 Å². The number of aryl methyl sites for hydroxylation is 1. The predicted octanol–water partition coefficient (Wildman–Crippen LogP) is 4.45. The summed E-state index contributed by atoms with van der Waals surface area (Å²) in [6, 6.07) is 20.1. The number of benzene rings is 3. The number of likely N-dealkylation sites (N-methyl/N-ethyl adjacent to an activating group) is 1. The molecule has 1 atom stereocenters. The van der Waals surface area contributed by atoms with Crippen molar-refractivity contribution >= 4 is 50.7 Å². The Balaban J connectivity index is 2.05. The number of sulfonamides is 1. The van der Waals surface area contributed by atoms with E-state index in [-0.39, 0.29) is 18.9 Å². The highest BCUT2D eigenvalue weighted by Gasteiger charge is 2.33. The molecule has 0 heterocycles. The molecule has 0 aliphatic heterocycles. The molecule has 0 bridgehead atoms. The first-order valence-electron chi connectivity index (χ1n) is 11.5. The maximum atomic E-state index is 13.9. The van der Waals surface area contributed by atoms with Crippen LogP contribution in [0.1, 0.15) is 16.7 Å². The van der Waals surface area contributed by atoms with E-state index in [1.165, 1.54) is 11.9 Å². The molecule has 2 amide bonds.